The first kappa shape index (κ1) is 46.3. The molecular weight excluding hydrogens is 818 g/mol. The zero-order valence-corrected chi connectivity index (χ0v) is 35.4. The molecule has 5 rings (SSSR count). The van der Waals surface area contributed by atoms with Crippen LogP contribution in [-0.2, 0) is 35.2 Å². The molecule has 0 saturated carbocycles. The van der Waals surface area contributed by atoms with Crippen LogP contribution < -0.4 is 32.3 Å². The van der Waals surface area contributed by atoms with E-state index in [1.165, 1.54) is 64.3 Å². The minimum atomic E-state index is -1.46. The van der Waals surface area contributed by atoms with Crippen LogP contribution in [0.25, 0.3) is 22.3 Å². The third-order valence-corrected chi connectivity index (χ3v) is 10.8. The molecule has 4 aromatic carbocycles. The van der Waals surface area contributed by atoms with Crippen molar-refractivity contribution in [2.24, 2.45) is 5.73 Å². The lowest BCUT2D eigenvalue weighted by molar-refractivity contribution is -0.142. The Hall–Kier alpha value is -6.78. The van der Waals surface area contributed by atoms with Gasteiger partial charge >= 0.3 is 0 Å². The Morgan fingerprint density at radius 2 is 1.45 bits per heavy atom. The normalized spacial score (nSPS) is 17.2. The van der Waals surface area contributed by atoms with Gasteiger partial charge in [-0.05, 0) is 110 Å². The highest BCUT2D eigenvalue weighted by Gasteiger charge is 2.36. The molecule has 4 bridgehead atoms. The number of nitrogens with one attached hydrogen (secondary N) is 5. The second-order valence-electron chi connectivity index (χ2n) is 15.0. The molecule has 0 radical (unpaired) electrons. The van der Waals surface area contributed by atoms with Gasteiger partial charge in [0.15, 0.2) is 0 Å². The Morgan fingerprint density at radius 3 is 2.08 bits per heavy atom. The molecule has 5 atom stereocenters. The third-order valence-electron chi connectivity index (χ3n) is 10.6. The van der Waals surface area contributed by atoms with Gasteiger partial charge in [0.25, 0.3) is 11.8 Å². The molecule has 16 nitrogen and oxygen atoms in total. The van der Waals surface area contributed by atoms with E-state index in [1.54, 1.807) is 36.4 Å². The van der Waals surface area contributed by atoms with Crippen molar-refractivity contribution in [1.29, 1.82) is 0 Å². The fourth-order valence-electron chi connectivity index (χ4n) is 7.04. The second-order valence-corrected chi connectivity index (χ2v) is 15.5. The van der Waals surface area contributed by atoms with Gasteiger partial charge in [0.2, 0.25) is 29.4 Å². The Balaban J connectivity index is 1.49. The first-order chi connectivity index (χ1) is 29.5. The Morgan fingerprint density at radius 1 is 0.839 bits per heavy atom. The number of unbranched alkanes of at least 4 members (excludes halogenated alkanes) is 1. The molecule has 17 heteroatoms. The first-order valence-electron chi connectivity index (χ1n) is 20.0. The molecule has 5 unspecified atom stereocenters. The quantitative estimate of drug-likeness (QED) is 0.0721. The van der Waals surface area contributed by atoms with Gasteiger partial charge in [0.1, 0.15) is 35.7 Å². The molecule has 4 aromatic rings. The number of rotatable bonds is 13. The third kappa shape index (κ3) is 11.1. The first-order valence-corrected chi connectivity index (χ1v) is 20.4. The van der Waals surface area contributed by atoms with E-state index in [1.807, 2.05) is 12.1 Å². The van der Waals surface area contributed by atoms with E-state index in [4.69, 9.17) is 17.3 Å². The largest absolute Gasteiger partial charge is 0.507 e. The van der Waals surface area contributed by atoms with Crippen LogP contribution in [-0.4, -0.2) is 101 Å². The lowest BCUT2D eigenvalue weighted by atomic mass is 9.93. The van der Waals surface area contributed by atoms with E-state index in [0.717, 1.165) is 16.0 Å². The summed E-state index contributed by atoms with van der Waals surface area (Å²) in [6.07, 6.45) is 0.996. The number of nitrogens with two attached hydrogens (primary N) is 1. The highest BCUT2D eigenvalue weighted by atomic mass is 35.5. The fraction of sp³-hybridized carbons (Fsp3) is 0.311. The minimum absolute atomic E-state index is 0.0790. The van der Waals surface area contributed by atoms with Gasteiger partial charge in [-0.2, -0.15) is 0 Å². The van der Waals surface area contributed by atoms with E-state index in [-0.39, 0.29) is 46.6 Å². The summed E-state index contributed by atoms with van der Waals surface area (Å²) in [4.78, 5) is 95.5. The fourth-order valence-corrected chi connectivity index (χ4v) is 7.16. The molecule has 1 heterocycles. The summed E-state index contributed by atoms with van der Waals surface area (Å²) in [5.41, 5.74) is 8.56. The molecule has 0 saturated heterocycles. The van der Waals surface area contributed by atoms with Crippen molar-refractivity contribution in [3.63, 3.8) is 0 Å². The van der Waals surface area contributed by atoms with Crippen LogP contribution >= 0.6 is 11.6 Å². The van der Waals surface area contributed by atoms with Crippen molar-refractivity contribution in [3.05, 3.63) is 107 Å². The van der Waals surface area contributed by atoms with Crippen LogP contribution in [0.5, 0.6) is 11.5 Å². The Kier molecular flexibility index (Phi) is 15.4. The standard InChI is InChI=1S/C45H50ClN7O9/c1-24(39(56)44(61)48-3)49-42(59)35-22-26-8-18-36(54)32(21-26)33-23-30(15-19-37(33)55)38(43(60)50-25(2)40(57)52-35)53(4)45(62)34(7-5-6-20-47)51-41(58)29-11-9-27(10-12-29)28-13-16-31(46)17-14-28/h8-19,21,23-25,34-35,38,54-55H,5-7,20,22,47H2,1-4H3,(H,48,61)(H,49,59)(H,50,60)(H,51,58)(H,52,57). The van der Waals surface area contributed by atoms with Crippen molar-refractivity contribution in [3.8, 4) is 33.8 Å². The molecule has 0 fully saturated rings. The lowest BCUT2D eigenvalue weighted by Crippen LogP contribution is -2.57. The monoisotopic (exact) mass is 867 g/mol. The van der Waals surface area contributed by atoms with Crippen LogP contribution in [0, 0.1) is 0 Å². The van der Waals surface area contributed by atoms with Gasteiger partial charge in [-0.15, -0.1) is 0 Å². The van der Waals surface area contributed by atoms with Gasteiger partial charge in [-0.1, -0.05) is 48.0 Å². The molecule has 0 aliphatic carbocycles. The van der Waals surface area contributed by atoms with Gasteiger partial charge in [-0.3, -0.25) is 33.6 Å². The van der Waals surface area contributed by atoms with Gasteiger partial charge in [0.05, 0.1) is 6.04 Å². The second kappa shape index (κ2) is 20.7. The number of carbonyl (C=O) groups is 7. The number of amides is 6. The smallest absolute Gasteiger partial charge is 0.289 e. The predicted octanol–water partition coefficient (Wildman–Crippen LogP) is 2.88. The number of Topliss-reactive ketones (excluding diaryl/α,β-unsaturated/α-hetero) is 1. The summed E-state index contributed by atoms with van der Waals surface area (Å²) in [7, 11) is 2.64. The minimum Gasteiger partial charge on any atom is -0.507 e. The maximum atomic E-state index is 14.5. The summed E-state index contributed by atoms with van der Waals surface area (Å²) < 4.78 is 0. The van der Waals surface area contributed by atoms with Crippen LogP contribution in [0.2, 0.25) is 5.02 Å². The number of fused-ring (bicyclic) bond motifs is 5. The van der Waals surface area contributed by atoms with E-state index < -0.39 is 71.4 Å². The van der Waals surface area contributed by atoms with Gasteiger partial charge in [0, 0.05) is 42.2 Å². The van der Waals surface area contributed by atoms with Crippen LogP contribution in [0.3, 0.4) is 0 Å². The number of aromatic hydroxyl groups is 2. The zero-order valence-electron chi connectivity index (χ0n) is 34.7. The van der Waals surface area contributed by atoms with Crippen molar-refractivity contribution in [1.82, 2.24) is 31.5 Å². The number of carbonyl (C=O) groups excluding carboxylic acids is 7. The van der Waals surface area contributed by atoms with Crippen LogP contribution in [0.1, 0.15) is 60.6 Å². The predicted molar refractivity (Wildman–Crippen MR) is 232 cm³/mol. The number of likely N-dealkylation sites (N-methyl/N-ethyl adjacent to an activating group) is 2. The molecule has 0 aromatic heterocycles. The van der Waals surface area contributed by atoms with Crippen LogP contribution in [0.15, 0.2) is 84.9 Å². The van der Waals surface area contributed by atoms with Gasteiger partial charge in [-0.25, -0.2) is 0 Å². The number of phenolic OH excluding ortho intramolecular Hbond substituents is 2. The number of halogens is 1. The van der Waals surface area contributed by atoms with E-state index in [0.29, 0.717) is 30.0 Å². The van der Waals surface area contributed by atoms with Crippen molar-refractivity contribution >= 4 is 52.8 Å². The SMILES string of the molecule is CNC(=O)C(=O)C(C)NC(=O)C1Cc2ccc(O)c(c2)-c2cc(ccc2O)C(N(C)C(=O)C(CCCCN)NC(=O)c2ccc(-c3ccc(Cl)cc3)cc2)C(=O)NC(C)C(=O)N1. The molecule has 9 N–H and O–H groups in total. The summed E-state index contributed by atoms with van der Waals surface area (Å²) in [5, 5.41) is 35.5. The molecule has 6 amide bonds. The number of nitrogens with zero attached hydrogens (tertiary/aromatic N) is 1. The topological polar surface area (TPSA) is 249 Å². The van der Waals surface area contributed by atoms with E-state index in [9.17, 15) is 43.8 Å². The zero-order chi connectivity index (χ0) is 45.2. The summed E-state index contributed by atoms with van der Waals surface area (Å²) >= 11 is 6.04. The molecule has 1 aliphatic heterocycles. The summed E-state index contributed by atoms with van der Waals surface area (Å²) in [5.74, 6) is -6.05. The Labute approximate surface area is 363 Å². The maximum Gasteiger partial charge on any atom is 0.289 e. The van der Waals surface area contributed by atoms with E-state index >= 15 is 0 Å². The number of hydrogen-bond donors (Lipinski definition) is 8. The maximum absolute atomic E-state index is 14.5. The number of benzene rings is 4. The highest BCUT2D eigenvalue weighted by molar-refractivity contribution is 6.38. The molecule has 0 spiro atoms. The molecule has 1 aliphatic rings. The lowest BCUT2D eigenvalue weighted by Gasteiger charge is -2.32. The van der Waals surface area contributed by atoms with Crippen molar-refractivity contribution < 1.29 is 43.8 Å². The Bertz CT molecular complexity index is 2340. The van der Waals surface area contributed by atoms with Crippen molar-refractivity contribution in [2.75, 3.05) is 20.6 Å². The number of hydrogen-bond acceptors (Lipinski definition) is 10. The summed E-state index contributed by atoms with van der Waals surface area (Å²) in [6, 6.07) is 16.0. The van der Waals surface area contributed by atoms with Crippen molar-refractivity contribution in [2.45, 2.75) is 69.7 Å². The highest BCUT2D eigenvalue weighted by Crippen LogP contribution is 2.39. The molecule has 62 heavy (non-hydrogen) atoms. The van der Waals surface area contributed by atoms with Crippen LogP contribution in [0.4, 0.5) is 0 Å². The average molecular weight is 868 g/mol. The van der Waals surface area contributed by atoms with E-state index in [2.05, 4.69) is 26.6 Å². The average Bonchev–Trinajstić information content (AvgIpc) is 3.26. The van der Waals surface area contributed by atoms with Gasteiger partial charge < -0.3 is 47.4 Å². The summed E-state index contributed by atoms with van der Waals surface area (Å²) in [6.45, 7) is 3.02. The number of phenols is 2. The number of ketones is 1. The molecule has 326 valence electrons. The molecular formula is C45H50ClN7O9.